The first-order valence-corrected chi connectivity index (χ1v) is 8.22. The lowest BCUT2D eigenvalue weighted by Crippen LogP contribution is -2.34. The number of carbonyl (C=O) groups is 1. The summed E-state index contributed by atoms with van der Waals surface area (Å²) in [6, 6.07) is 12.5. The van der Waals surface area contributed by atoms with Gasteiger partial charge in [-0.3, -0.25) is 4.79 Å². The van der Waals surface area contributed by atoms with E-state index in [1.165, 1.54) is 0 Å². The van der Waals surface area contributed by atoms with Crippen molar-refractivity contribution >= 4 is 17.5 Å². The van der Waals surface area contributed by atoms with E-state index in [9.17, 15) is 4.79 Å². The Labute approximate surface area is 150 Å². The molecule has 0 aliphatic heterocycles. The third kappa shape index (κ3) is 4.42. The molecule has 0 bridgehead atoms. The maximum atomic E-state index is 12.4. The Kier molecular flexibility index (Phi) is 5.09. The molecule has 3 rings (SSSR count). The van der Waals surface area contributed by atoms with Crippen molar-refractivity contribution in [3.05, 3.63) is 64.9 Å². The zero-order chi connectivity index (χ0) is 17.8. The highest BCUT2D eigenvalue weighted by atomic mass is 35.5. The van der Waals surface area contributed by atoms with Crippen LogP contribution >= 0.6 is 11.6 Å². The molecule has 3 aromatic rings. The molecular weight excluding hydrogens is 340 g/mol. The minimum absolute atomic E-state index is 0.152. The number of hydrogen-bond donors (Lipinski definition) is 1. The van der Waals surface area contributed by atoms with Gasteiger partial charge in [0.25, 0.3) is 5.91 Å². The lowest BCUT2D eigenvalue weighted by atomic mass is 10.1. The molecular formula is C18H17ClN4O2. The van der Waals surface area contributed by atoms with Gasteiger partial charge in [0.05, 0.1) is 5.69 Å². The van der Waals surface area contributed by atoms with Gasteiger partial charge < -0.3 is 9.84 Å². The fourth-order valence-electron chi connectivity index (χ4n) is 2.42. The summed E-state index contributed by atoms with van der Waals surface area (Å²) >= 11 is 6.02. The van der Waals surface area contributed by atoms with Gasteiger partial charge in [-0.2, -0.15) is 4.98 Å². The van der Waals surface area contributed by atoms with Gasteiger partial charge in [-0.05, 0) is 31.2 Å². The molecule has 0 radical (unpaired) electrons. The zero-order valence-electron chi connectivity index (χ0n) is 13.9. The van der Waals surface area contributed by atoms with Crippen molar-refractivity contribution in [2.75, 3.05) is 0 Å². The molecule has 0 saturated heterocycles. The van der Waals surface area contributed by atoms with Crippen molar-refractivity contribution in [3.8, 4) is 11.3 Å². The van der Waals surface area contributed by atoms with Crippen LogP contribution < -0.4 is 5.32 Å². The molecule has 1 unspecified atom stereocenters. The number of nitrogens with zero attached hydrogens (tertiary/aromatic N) is 3. The fraction of sp³-hybridized carbons (Fsp3) is 0.222. The first-order valence-electron chi connectivity index (χ1n) is 7.84. The number of amides is 1. The summed E-state index contributed by atoms with van der Waals surface area (Å²) in [7, 11) is 0. The van der Waals surface area contributed by atoms with E-state index in [-0.39, 0.29) is 11.9 Å². The van der Waals surface area contributed by atoms with Crippen LogP contribution in [0.25, 0.3) is 11.3 Å². The van der Waals surface area contributed by atoms with Crippen LogP contribution in [0.4, 0.5) is 0 Å². The smallest absolute Gasteiger partial charge is 0.270 e. The minimum Gasteiger partial charge on any atom is -0.348 e. The highest BCUT2D eigenvalue weighted by Gasteiger charge is 2.14. The summed E-state index contributed by atoms with van der Waals surface area (Å²) < 4.78 is 4.93. The Morgan fingerprint density at radius 3 is 2.76 bits per heavy atom. The Balaban J connectivity index is 1.71. The second-order valence-corrected chi connectivity index (χ2v) is 6.16. The van der Waals surface area contributed by atoms with Crippen molar-refractivity contribution in [1.29, 1.82) is 0 Å². The van der Waals surface area contributed by atoms with Crippen LogP contribution in [0.15, 0.2) is 47.0 Å². The van der Waals surface area contributed by atoms with Gasteiger partial charge in [-0.15, -0.1) is 0 Å². The van der Waals surface area contributed by atoms with E-state index in [0.29, 0.717) is 34.5 Å². The molecule has 0 fully saturated rings. The number of pyridine rings is 1. The summed E-state index contributed by atoms with van der Waals surface area (Å²) in [5.41, 5.74) is 1.89. The average Bonchev–Trinajstić information content (AvgIpc) is 2.99. The zero-order valence-corrected chi connectivity index (χ0v) is 14.6. The van der Waals surface area contributed by atoms with Crippen LogP contribution in [0.2, 0.25) is 5.02 Å². The molecule has 1 atom stereocenters. The van der Waals surface area contributed by atoms with Gasteiger partial charge >= 0.3 is 0 Å². The van der Waals surface area contributed by atoms with Crippen molar-refractivity contribution in [2.45, 2.75) is 26.3 Å². The molecule has 2 aromatic heterocycles. The number of rotatable bonds is 5. The molecule has 1 amide bonds. The molecule has 7 heteroatoms. The van der Waals surface area contributed by atoms with E-state index in [2.05, 4.69) is 20.4 Å². The molecule has 0 aliphatic carbocycles. The SMILES string of the molecule is Cc1nc(CC(C)NC(=O)c2cccc(-c3cccc(Cl)c3)n2)no1. The van der Waals surface area contributed by atoms with Crippen molar-refractivity contribution in [1.82, 2.24) is 20.4 Å². The summed E-state index contributed by atoms with van der Waals surface area (Å²) in [5.74, 6) is 0.812. The average molecular weight is 357 g/mol. The van der Waals surface area contributed by atoms with Crippen LogP contribution in [0, 0.1) is 6.92 Å². The normalized spacial score (nSPS) is 12.0. The van der Waals surface area contributed by atoms with E-state index in [1.54, 1.807) is 25.1 Å². The molecule has 0 aliphatic rings. The van der Waals surface area contributed by atoms with Crippen LogP contribution in [-0.4, -0.2) is 27.1 Å². The topological polar surface area (TPSA) is 80.9 Å². The standard InChI is InChI=1S/C18H17ClN4O2/c1-11(9-17-21-12(2)25-23-17)20-18(24)16-8-4-7-15(22-16)13-5-3-6-14(19)10-13/h3-8,10-11H,9H2,1-2H3,(H,20,24). The number of aromatic nitrogens is 3. The van der Waals surface area contributed by atoms with Crippen LogP contribution in [0.1, 0.15) is 29.1 Å². The van der Waals surface area contributed by atoms with Gasteiger partial charge in [0.1, 0.15) is 5.69 Å². The van der Waals surface area contributed by atoms with E-state index < -0.39 is 0 Å². The van der Waals surface area contributed by atoms with Crippen molar-refractivity contribution < 1.29 is 9.32 Å². The fourth-order valence-corrected chi connectivity index (χ4v) is 2.61. The van der Waals surface area contributed by atoms with Gasteiger partial charge in [-0.1, -0.05) is 35.0 Å². The number of hydrogen-bond acceptors (Lipinski definition) is 5. The number of nitrogens with one attached hydrogen (secondary N) is 1. The first-order chi connectivity index (χ1) is 12.0. The molecule has 6 nitrogen and oxygen atoms in total. The van der Waals surface area contributed by atoms with Crippen LogP contribution in [0.3, 0.4) is 0 Å². The van der Waals surface area contributed by atoms with Crippen LogP contribution in [-0.2, 0) is 6.42 Å². The third-order valence-electron chi connectivity index (χ3n) is 3.54. The molecule has 128 valence electrons. The molecule has 25 heavy (non-hydrogen) atoms. The monoisotopic (exact) mass is 356 g/mol. The van der Waals surface area contributed by atoms with E-state index in [4.69, 9.17) is 16.1 Å². The summed E-state index contributed by atoms with van der Waals surface area (Å²) in [5, 5.41) is 7.35. The van der Waals surface area contributed by atoms with E-state index >= 15 is 0 Å². The third-order valence-corrected chi connectivity index (χ3v) is 3.77. The van der Waals surface area contributed by atoms with Gasteiger partial charge in [0.2, 0.25) is 5.89 Å². The predicted molar refractivity (Wildman–Crippen MR) is 94.4 cm³/mol. The largest absolute Gasteiger partial charge is 0.348 e. The van der Waals surface area contributed by atoms with Gasteiger partial charge in [0.15, 0.2) is 5.82 Å². The Morgan fingerprint density at radius 1 is 1.24 bits per heavy atom. The van der Waals surface area contributed by atoms with Gasteiger partial charge in [0, 0.05) is 30.0 Å². The maximum absolute atomic E-state index is 12.4. The second-order valence-electron chi connectivity index (χ2n) is 5.73. The number of halogens is 1. The number of benzene rings is 1. The maximum Gasteiger partial charge on any atom is 0.270 e. The highest BCUT2D eigenvalue weighted by Crippen LogP contribution is 2.21. The number of aryl methyl sites for hydroxylation is 1. The Morgan fingerprint density at radius 2 is 2.04 bits per heavy atom. The van der Waals surface area contributed by atoms with Crippen LogP contribution in [0.5, 0.6) is 0 Å². The molecule has 1 N–H and O–H groups in total. The van der Waals surface area contributed by atoms with Crippen molar-refractivity contribution in [3.63, 3.8) is 0 Å². The highest BCUT2D eigenvalue weighted by molar-refractivity contribution is 6.30. The Hall–Kier alpha value is -2.73. The molecule has 0 spiro atoms. The molecule has 2 heterocycles. The molecule has 0 saturated carbocycles. The quantitative estimate of drug-likeness (QED) is 0.757. The lowest BCUT2D eigenvalue weighted by molar-refractivity contribution is 0.0934. The number of carbonyl (C=O) groups excluding carboxylic acids is 1. The second kappa shape index (κ2) is 7.44. The predicted octanol–water partition coefficient (Wildman–Crippen LogP) is 3.45. The minimum atomic E-state index is -0.253. The Bertz CT molecular complexity index is 894. The lowest BCUT2D eigenvalue weighted by Gasteiger charge is -2.12. The van der Waals surface area contributed by atoms with E-state index in [0.717, 1.165) is 5.56 Å². The van der Waals surface area contributed by atoms with E-state index in [1.807, 2.05) is 31.2 Å². The summed E-state index contributed by atoms with van der Waals surface area (Å²) in [6.07, 6.45) is 0.483. The summed E-state index contributed by atoms with van der Waals surface area (Å²) in [4.78, 5) is 21.0. The van der Waals surface area contributed by atoms with Crippen molar-refractivity contribution in [2.24, 2.45) is 0 Å². The first kappa shape index (κ1) is 17.1. The molecule has 1 aromatic carbocycles. The summed E-state index contributed by atoms with van der Waals surface area (Å²) in [6.45, 7) is 3.61. The van der Waals surface area contributed by atoms with Gasteiger partial charge in [-0.25, -0.2) is 4.98 Å².